The molecule has 1 saturated heterocycles. The van der Waals surface area contributed by atoms with E-state index < -0.39 is 43.6 Å². The second-order valence-electron chi connectivity index (χ2n) is 15.0. The van der Waals surface area contributed by atoms with Crippen molar-refractivity contribution in [2.45, 2.75) is 97.1 Å². The number of piperidine rings is 1. The van der Waals surface area contributed by atoms with E-state index in [0.29, 0.717) is 71.3 Å². The van der Waals surface area contributed by atoms with Crippen LogP contribution in [0.1, 0.15) is 56.1 Å². The first-order chi connectivity index (χ1) is 22.1. The first-order valence-corrected chi connectivity index (χ1v) is 20.3. The zero-order valence-corrected chi connectivity index (χ0v) is 29.7. The smallest absolute Gasteiger partial charge is 0.410 e. The largest absolute Gasteiger partial charge is 0.493 e. The molecule has 2 aliphatic rings. The summed E-state index contributed by atoms with van der Waals surface area (Å²) in [6.07, 6.45) is 2.74. The van der Waals surface area contributed by atoms with Crippen LogP contribution in [0.25, 0.3) is 22.2 Å². The van der Waals surface area contributed by atoms with Crippen LogP contribution < -0.4 is 10.1 Å². The van der Waals surface area contributed by atoms with Crippen LogP contribution in [0.4, 0.5) is 9.18 Å². The van der Waals surface area contributed by atoms with Crippen molar-refractivity contribution in [3.05, 3.63) is 47.5 Å². The fraction of sp³-hybridized carbons (Fsp3) is 0.571. The second-order valence-corrected chi connectivity index (χ2v) is 20.7. The molecule has 2 fully saturated rings. The molecule has 256 valence electrons. The van der Waals surface area contributed by atoms with Crippen LogP contribution in [-0.2, 0) is 16.2 Å². The summed E-state index contributed by atoms with van der Waals surface area (Å²) >= 11 is 0. The Labute approximate surface area is 277 Å². The van der Waals surface area contributed by atoms with E-state index in [2.05, 4.69) is 29.9 Å². The Morgan fingerprint density at radius 3 is 2.53 bits per heavy atom. The molecule has 10 nitrogen and oxygen atoms in total. The number of nitrogens with one attached hydrogen (secondary N) is 1. The number of hydrogen-bond acceptors (Lipinski definition) is 7. The van der Waals surface area contributed by atoms with Gasteiger partial charge < -0.3 is 34.1 Å². The van der Waals surface area contributed by atoms with Crippen LogP contribution in [0.15, 0.2) is 30.5 Å². The molecule has 3 heterocycles. The van der Waals surface area contributed by atoms with Crippen molar-refractivity contribution in [1.29, 1.82) is 0 Å². The number of aliphatic hydroxyl groups is 1. The van der Waals surface area contributed by atoms with E-state index >= 15 is 0 Å². The average molecular weight is 669 g/mol. The van der Waals surface area contributed by atoms with Crippen LogP contribution in [0.5, 0.6) is 5.75 Å². The van der Waals surface area contributed by atoms with Gasteiger partial charge in [-0.25, -0.2) is 9.18 Å². The number of amides is 2. The van der Waals surface area contributed by atoms with Gasteiger partial charge in [0.05, 0.1) is 36.4 Å². The molecule has 2 amide bonds. The molecule has 0 unspecified atom stereocenters. The Morgan fingerprint density at radius 1 is 1.13 bits per heavy atom. The van der Waals surface area contributed by atoms with Gasteiger partial charge in [0.25, 0.3) is 5.91 Å². The standard InChI is InChI=1S/C35H49FN4O6Si/c1-22-30(33(42)38-27-13-15-39(19-28(27)41)34(43)46-35(2,3)4)31-32(40(22)21-44-16-17-47(5,6)7)25(12-14-37-31)26-18-24(36)10-11-29(26)45-20-23-8-9-23/h10-12,14,18,23,27-28,41H,8-9,13,15-17,19-21H2,1-7H3,(H,38,42)/t27-,28-/m1/s1. The summed E-state index contributed by atoms with van der Waals surface area (Å²) in [6, 6.07) is 6.73. The molecule has 0 bridgehead atoms. The minimum absolute atomic E-state index is 0.0388. The summed E-state index contributed by atoms with van der Waals surface area (Å²) in [5.74, 6) is 0.298. The van der Waals surface area contributed by atoms with E-state index in [1.165, 1.54) is 17.0 Å². The SMILES string of the molecule is Cc1c(C(=O)N[C@@H]2CCN(C(=O)OC(C)(C)C)C[C@H]2O)c2nccc(-c3cc(F)ccc3OCC3CC3)c2n1COCC[Si](C)(C)C. The van der Waals surface area contributed by atoms with Crippen LogP contribution in [0.2, 0.25) is 25.7 Å². The summed E-state index contributed by atoms with van der Waals surface area (Å²) in [7, 11) is -1.35. The Kier molecular flexibility index (Phi) is 10.3. The molecular weight excluding hydrogens is 619 g/mol. The van der Waals surface area contributed by atoms with Crippen LogP contribution in [0.3, 0.4) is 0 Å². The number of likely N-dealkylation sites (tertiary alicyclic amines) is 1. The van der Waals surface area contributed by atoms with Gasteiger partial charge in [0, 0.05) is 44.2 Å². The lowest BCUT2D eigenvalue weighted by Crippen LogP contribution is -2.56. The lowest BCUT2D eigenvalue weighted by molar-refractivity contribution is -0.00408. The van der Waals surface area contributed by atoms with Crippen molar-refractivity contribution in [3.63, 3.8) is 0 Å². The third kappa shape index (κ3) is 8.71. The van der Waals surface area contributed by atoms with E-state index in [1.807, 2.05) is 17.6 Å². The zero-order valence-electron chi connectivity index (χ0n) is 28.7. The first-order valence-electron chi connectivity index (χ1n) is 16.6. The molecule has 5 rings (SSSR count). The van der Waals surface area contributed by atoms with Crippen molar-refractivity contribution in [2.75, 3.05) is 26.3 Å². The van der Waals surface area contributed by atoms with E-state index in [-0.39, 0.29) is 13.3 Å². The highest BCUT2D eigenvalue weighted by Crippen LogP contribution is 2.39. The zero-order chi connectivity index (χ0) is 34.1. The highest BCUT2D eigenvalue weighted by atomic mass is 28.3. The van der Waals surface area contributed by atoms with Gasteiger partial charge in [-0.3, -0.25) is 9.78 Å². The Bertz CT molecular complexity index is 1610. The van der Waals surface area contributed by atoms with Gasteiger partial charge in [-0.2, -0.15) is 0 Å². The number of benzene rings is 1. The third-order valence-electron chi connectivity index (χ3n) is 8.59. The quantitative estimate of drug-likeness (QED) is 0.181. The fourth-order valence-corrected chi connectivity index (χ4v) is 6.49. The Balaban J connectivity index is 1.47. The summed E-state index contributed by atoms with van der Waals surface area (Å²) in [4.78, 5) is 32.7. The van der Waals surface area contributed by atoms with Gasteiger partial charge in [-0.1, -0.05) is 19.6 Å². The normalized spacial score (nSPS) is 18.8. The van der Waals surface area contributed by atoms with Crippen molar-refractivity contribution >= 4 is 31.1 Å². The maximum Gasteiger partial charge on any atom is 0.410 e. The molecule has 1 aliphatic heterocycles. The first kappa shape index (κ1) is 34.8. The maximum absolute atomic E-state index is 14.8. The second kappa shape index (κ2) is 13.9. The molecule has 0 radical (unpaired) electrons. The Hall–Kier alpha value is -3.48. The number of carbonyl (C=O) groups excluding carboxylic acids is 2. The summed E-state index contributed by atoms with van der Waals surface area (Å²) in [5.41, 5.74) is 2.70. The third-order valence-corrected chi connectivity index (χ3v) is 10.3. The number of halogens is 1. The minimum Gasteiger partial charge on any atom is -0.493 e. The van der Waals surface area contributed by atoms with Gasteiger partial charge in [-0.05, 0) is 83.2 Å². The van der Waals surface area contributed by atoms with E-state index in [4.69, 9.17) is 14.2 Å². The van der Waals surface area contributed by atoms with Gasteiger partial charge in [0.2, 0.25) is 0 Å². The maximum atomic E-state index is 14.8. The molecule has 1 saturated carbocycles. The minimum atomic E-state index is -1.35. The number of carbonyl (C=O) groups is 2. The molecule has 12 heteroatoms. The predicted octanol–water partition coefficient (Wildman–Crippen LogP) is 6.35. The number of nitrogens with zero attached hydrogens (tertiary/aromatic N) is 3. The van der Waals surface area contributed by atoms with Crippen molar-refractivity contribution in [3.8, 4) is 16.9 Å². The summed E-state index contributed by atoms with van der Waals surface area (Å²) in [6.45, 7) is 15.8. The molecule has 1 aromatic carbocycles. The topological polar surface area (TPSA) is 115 Å². The number of aliphatic hydroxyl groups excluding tert-OH is 1. The average Bonchev–Trinajstić information content (AvgIpc) is 3.76. The molecular formula is C35H49FN4O6Si. The van der Waals surface area contributed by atoms with Gasteiger partial charge in [0.1, 0.15) is 29.4 Å². The highest BCUT2D eigenvalue weighted by molar-refractivity contribution is 6.76. The van der Waals surface area contributed by atoms with Crippen molar-refractivity contribution in [2.24, 2.45) is 5.92 Å². The molecule has 2 aromatic heterocycles. The monoisotopic (exact) mass is 668 g/mol. The van der Waals surface area contributed by atoms with E-state index in [0.717, 1.165) is 18.9 Å². The van der Waals surface area contributed by atoms with Crippen LogP contribution in [0, 0.1) is 18.7 Å². The summed E-state index contributed by atoms with van der Waals surface area (Å²) in [5, 5.41) is 14.0. The number of aromatic nitrogens is 2. The number of rotatable bonds is 11. The predicted molar refractivity (Wildman–Crippen MR) is 182 cm³/mol. The molecule has 2 atom stereocenters. The molecule has 2 N–H and O–H groups in total. The number of ether oxygens (including phenoxy) is 3. The van der Waals surface area contributed by atoms with E-state index in [9.17, 15) is 19.1 Å². The molecule has 1 aliphatic carbocycles. The summed E-state index contributed by atoms with van der Waals surface area (Å²) < 4.78 is 34.5. The van der Waals surface area contributed by atoms with Gasteiger partial charge in [0.15, 0.2) is 0 Å². The van der Waals surface area contributed by atoms with E-state index in [1.54, 1.807) is 33.0 Å². The number of hydrogen-bond donors (Lipinski definition) is 2. The van der Waals surface area contributed by atoms with Crippen LogP contribution in [-0.4, -0.2) is 83.7 Å². The van der Waals surface area contributed by atoms with Crippen LogP contribution >= 0.6 is 0 Å². The number of fused-ring (bicyclic) bond motifs is 1. The number of pyridine rings is 1. The lowest BCUT2D eigenvalue weighted by atomic mass is 10.0. The Morgan fingerprint density at radius 2 is 1.87 bits per heavy atom. The lowest BCUT2D eigenvalue weighted by Gasteiger charge is -2.36. The van der Waals surface area contributed by atoms with Crippen molar-refractivity contribution < 1.29 is 33.3 Å². The highest BCUT2D eigenvalue weighted by Gasteiger charge is 2.35. The van der Waals surface area contributed by atoms with Crippen molar-refractivity contribution in [1.82, 2.24) is 19.8 Å². The molecule has 47 heavy (non-hydrogen) atoms. The number of β-amino-alcohol motifs (C(OH)–C–C–N with tert-alkyl or cyclic N) is 1. The molecule has 0 spiro atoms. The van der Waals surface area contributed by atoms with Gasteiger partial charge in [-0.15, -0.1) is 0 Å². The van der Waals surface area contributed by atoms with Gasteiger partial charge >= 0.3 is 6.09 Å². The molecule has 3 aromatic rings. The fourth-order valence-electron chi connectivity index (χ4n) is 5.73.